The zero-order valence-electron chi connectivity index (χ0n) is 23.9. The van der Waals surface area contributed by atoms with Crippen molar-refractivity contribution >= 4 is 43.9 Å². The van der Waals surface area contributed by atoms with Crippen LogP contribution < -0.4 is 0 Å². The van der Waals surface area contributed by atoms with E-state index < -0.39 is 0 Å². The normalized spacial score (nSPS) is 12.8. The molecule has 4 aromatic carbocycles. The van der Waals surface area contributed by atoms with Gasteiger partial charge in [-0.1, -0.05) is 84.0 Å². The topological polar surface area (TPSA) is 39.2 Å². The SMILES string of the molecule is CC(C)(C)c1ccc2oc3cc(-c4ccnc(-c5ccccc5)c4)c4oc5ccc(C(C)(C)C)cc5c4c3c2c1. The summed E-state index contributed by atoms with van der Waals surface area (Å²) in [7, 11) is 0. The van der Waals surface area contributed by atoms with Crippen molar-refractivity contribution in [3.8, 4) is 22.4 Å². The Morgan fingerprint density at radius 2 is 1.18 bits per heavy atom. The smallest absolute Gasteiger partial charge is 0.144 e. The van der Waals surface area contributed by atoms with Gasteiger partial charge in [-0.25, -0.2) is 0 Å². The molecule has 198 valence electrons. The van der Waals surface area contributed by atoms with Gasteiger partial charge in [-0.05, 0) is 70.0 Å². The van der Waals surface area contributed by atoms with Crippen molar-refractivity contribution in [1.82, 2.24) is 4.98 Å². The Morgan fingerprint density at radius 1 is 0.550 bits per heavy atom. The molecule has 0 bridgehead atoms. The quantitative estimate of drug-likeness (QED) is 0.226. The standard InChI is InChI=1S/C37H33NO2/c1-36(2,3)24-12-14-30-27(19-24)33-32(39-30)21-26(23-16-17-38-29(18-23)22-10-8-7-9-11-22)35-34(33)28-20-25(37(4,5)6)13-15-31(28)40-35/h7-21H,1-6H3. The van der Waals surface area contributed by atoms with Crippen molar-refractivity contribution in [2.24, 2.45) is 0 Å². The molecule has 0 aliphatic rings. The fourth-order valence-corrected chi connectivity index (χ4v) is 5.72. The third kappa shape index (κ3) is 3.92. The Bertz CT molecular complexity index is 2060. The second-order valence-corrected chi connectivity index (χ2v) is 12.9. The van der Waals surface area contributed by atoms with Crippen LogP contribution in [0.1, 0.15) is 52.7 Å². The highest BCUT2D eigenvalue weighted by atomic mass is 16.3. The maximum Gasteiger partial charge on any atom is 0.144 e. The molecule has 0 saturated heterocycles. The number of fused-ring (bicyclic) bond motifs is 7. The maximum absolute atomic E-state index is 6.71. The fraction of sp³-hybridized carbons (Fsp3) is 0.216. The molecule has 0 amide bonds. The van der Waals surface area contributed by atoms with E-state index in [0.29, 0.717) is 0 Å². The monoisotopic (exact) mass is 523 g/mol. The number of aromatic nitrogens is 1. The second kappa shape index (κ2) is 8.56. The average molecular weight is 524 g/mol. The van der Waals surface area contributed by atoms with Crippen LogP contribution in [0.15, 0.2) is 100.0 Å². The lowest BCUT2D eigenvalue weighted by Gasteiger charge is -2.19. The number of pyridine rings is 1. The zero-order valence-corrected chi connectivity index (χ0v) is 23.9. The van der Waals surface area contributed by atoms with Gasteiger partial charge >= 0.3 is 0 Å². The molecule has 0 fully saturated rings. The van der Waals surface area contributed by atoms with E-state index in [1.165, 1.54) is 11.1 Å². The molecule has 0 radical (unpaired) electrons. The fourth-order valence-electron chi connectivity index (χ4n) is 5.72. The summed E-state index contributed by atoms with van der Waals surface area (Å²) in [5.74, 6) is 0. The number of hydrogen-bond acceptors (Lipinski definition) is 3. The van der Waals surface area contributed by atoms with Crippen LogP contribution in [-0.4, -0.2) is 4.98 Å². The number of hydrogen-bond donors (Lipinski definition) is 0. The number of rotatable bonds is 2. The molecule has 0 aliphatic heterocycles. The van der Waals surface area contributed by atoms with E-state index in [-0.39, 0.29) is 10.8 Å². The van der Waals surface area contributed by atoms with Crippen LogP contribution in [0, 0.1) is 0 Å². The van der Waals surface area contributed by atoms with E-state index >= 15 is 0 Å². The largest absolute Gasteiger partial charge is 0.456 e. The minimum atomic E-state index is 0.0159. The summed E-state index contributed by atoms with van der Waals surface area (Å²) in [6.45, 7) is 13.5. The Labute approximate surface area is 234 Å². The summed E-state index contributed by atoms with van der Waals surface area (Å²) >= 11 is 0. The highest BCUT2D eigenvalue weighted by molar-refractivity contribution is 6.28. The van der Waals surface area contributed by atoms with Crippen LogP contribution in [-0.2, 0) is 10.8 Å². The lowest BCUT2D eigenvalue weighted by atomic mass is 9.85. The predicted molar refractivity (Wildman–Crippen MR) is 167 cm³/mol. The van der Waals surface area contributed by atoms with Crippen LogP contribution in [0.4, 0.5) is 0 Å². The Morgan fingerprint density at radius 3 is 1.82 bits per heavy atom. The molecule has 7 aromatic rings. The second-order valence-electron chi connectivity index (χ2n) is 12.9. The van der Waals surface area contributed by atoms with Gasteiger partial charge in [0.05, 0.1) is 5.69 Å². The minimum absolute atomic E-state index is 0.0159. The summed E-state index contributed by atoms with van der Waals surface area (Å²) in [6.07, 6.45) is 1.88. The van der Waals surface area contributed by atoms with Gasteiger partial charge in [0.25, 0.3) is 0 Å². The minimum Gasteiger partial charge on any atom is -0.456 e. The molecule has 3 heterocycles. The Hall–Kier alpha value is -4.37. The van der Waals surface area contributed by atoms with Crippen LogP contribution in [0.2, 0.25) is 0 Å². The average Bonchev–Trinajstić information content (AvgIpc) is 3.49. The van der Waals surface area contributed by atoms with Crippen LogP contribution in [0.25, 0.3) is 66.3 Å². The van der Waals surface area contributed by atoms with E-state index in [1.54, 1.807) is 0 Å². The van der Waals surface area contributed by atoms with Crippen molar-refractivity contribution < 1.29 is 8.83 Å². The molecule has 0 atom stereocenters. The zero-order chi connectivity index (χ0) is 27.8. The maximum atomic E-state index is 6.71. The van der Waals surface area contributed by atoms with Gasteiger partial charge in [0, 0.05) is 38.9 Å². The summed E-state index contributed by atoms with van der Waals surface area (Å²) in [4.78, 5) is 4.67. The van der Waals surface area contributed by atoms with Crippen LogP contribution >= 0.6 is 0 Å². The van der Waals surface area contributed by atoms with Crippen molar-refractivity contribution in [1.29, 1.82) is 0 Å². The summed E-state index contributed by atoms with van der Waals surface area (Å²) in [5, 5.41) is 4.47. The first-order chi connectivity index (χ1) is 19.1. The van der Waals surface area contributed by atoms with Gasteiger partial charge in [0.15, 0.2) is 0 Å². The molecular weight excluding hydrogens is 490 g/mol. The third-order valence-corrected chi connectivity index (χ3v) is 8.05. The molecule has 3 aromatic heterocycles. The van der Waals surface area contributed by atoms with Gasteiger partial charge in [-0.15, -0.1) is 0 Å². The molecule has 0 aliphatic carbocycles. The van der Waals surface area contributed by atoms with Crippen molar-refractivity contribution in [2.45, 2.75) is 52.4 Å². The molecule has 0 spiro atoms. The molecular formula is C37H33NO2. The van der Waals surface area contributed by atoms with Crippen molar-refractivity contribution in [3.05, 3.63) is 102 Å². The van der Waals surface area contributed by atoms with Gasteiger partial charge in [0.1, 0.15) is 22.3 Å². The molecule has 40 heavy (non-hydrogen) atoms. The number of benzene rings is 4. The van der Waals surface area contributed by atoms with Gasteiger partial charge in [0.2, 0.25) is 0 Å². The van der Waals surface area contributed by atoms with Crippen LogP contribution in [0.3, 0.4) is 0 Å². The first-order valence-electron chi connectivity index (χ1n) is 14.0. The van der Waals surface area contributed by atoms with E-state index in [0.717, 1.165) is 66.3 Å². The van der Waals surface area contributed by atoms with E-state index in [9.17, 15) is 0 Å². The Balaban J connectivity index is 1.61. The lowest BCUT2D eigenvalue weighted by Crippen LogP contribution is -2.10. The Kier molecular flexibility index (Phi) is 5.28. The first-order valence-corrected chi connectivity index (χ1v) is 14.0. The number of furan rings is 2. The van der Waals surface area contributed by atoms with Gasteiger partial charge in [-0.2, -0.15) is 0 Å². The summed E-state index contributed by atoms with van der Waals surface area (Å²) in [6, 6.07) is 29.8. The van der Waals surface area contributed by atoms with Gasteiger partial charge in [-0.3, -0.25) is 4.98 Å². The molecule has 0 unspecified atom stereocenters. The summed E-state index contributed by atoms with van der Waals surface area (Å²) < 4.78 is 13.3. The third-order valence-electron chi connectivity index (χ3n) is 8.05. The van der Waals surface area contributed by atoms with E-state index in [4.69, 9.17) is 8.83 Å². The highest BCUT2D eigenvalue weighted by Crippen LogP contribution is 2.46. The first kappa shape index (κ1) is 24.7. The van der Waals surface area contributed by atoms with Crippen LogP contribution in [0.5, 0.6) is 0 Å². The van der Waals surface area contributed by atoms with E-state index in [2.05, 4.69) is 113 Å². The lowest BCUT2D eigenvalue weighted by molar-refractivity contribution is 0.590. The highest BCUT2D eigenvalue weighted by Gasteiger charge is 2.24. The van der Waals surface area contributed by atoms with Crippen molar-refractivity contribution in [3.63, 3.8) is 0 Å². The van der Waals surface area contributed by atoms with E-state index in [1.807, 2.05) is 24.4 Å². The van der Waals surface area contributed by atoms with Crippen molar-refractivity contribution in [2.75, 3.05) is 0 Å². The van der Waals surface area contributed by atoms with Gasteiger partial charge < -0.3 is 8.83 Å². The number of nitrogens with zero attached hydrogens (tertiary/aromatic N) is 1. The molecule has 0 saturated carbocycles. The predicted octanol–water partition coefficient (Wildman–Crippen LogP) is 10.8. The summed E-state index contributed by atoms with van der Waals surface area (Å²) in [5.41, 5.74) is 10.2. The molecule has 0 N–H and O–H groups in total. The molecule has 3 heteroatoms. The molecule has 3 nitrogen and oxygen atoms in total. The molecule has 7 rings (SSSR count).